The van der Waals surface area contributed by atoms with Crippen LogP contribution in [0, 0.1) is 0 Å². The van der Waals surface area contributed by atoms with Crippen LogP contribution in [0.4, 0.5) is 0 Å². The number of benzene rings is 1. The van der Waals surface area contributed by atoms with Crippen LogP contribution in [-0.2, 0) is 13.0 Å². The second kappa shape index (κ2) is 6.50. The maximum Gasteiger partial charge on any atom is 0.265 e. The fraction of sp³-hybridized carbons (Fsp3) is 0.200. The van der Waals surface area contributed by atoms with Crippen molar-refractivity contribution in [1.82, 2.24) is 4.57 Å². The molecule has 0 unspecified atom stereocenters. The van der Waals surface area contributed by atoms with E-state index in [1.807, 2.05) is 12.1 Å². The molecular formula is C15H13Br2NO2. The predicted molar refractivity (Wildman–Crippen MR) is 86.3 cm³/mol. The van der Waals surface area contributed by atoms with Crippen LogP contribution in [0.5, 0.6) is 0 Å². The number of hydrogen-bond acceptors (Lipinski definition) is 2. The Kier molecular flexibility index (Phi) is 4.94. The molecule has 0 saturated carbocycles. The molecule has 2 rings (SSSR count). The highest BCUT2D eigenvalue weighted by Gasteiger charge is 2.10. The largest absolute Gasteiger partial charge is 0.306 e. The highest BCUT2D eigenvalue weighted by Crippen LogP contribution is 2.13. The van der Waals surface area contributed by atoms with Gasteiger partial charge in [0.25, 0.3) is 5.56 Å². The number of carbonyl (C=O) groups is 1. The second-order valence-electron chi connectivity index (χ2n) is 4.41. The highest BCUT2D eigenvalue weighted by molar-refractivity contribution is 9.11. The average Bonchev–Trinajstić information content (AvgIpc) is 2.44. The monoisotopic (exact) mass is 397 g/mol. The molecule has 0 bridgehead atoms. The third-order valence-electron chi connectivity index (χ3n) is 3.01. The Balaban J connectivity index is 2.25. The molecule has 0 aliphatic rings. The standard InChI is InChI=1S/C15H13Br2NO2/c1-2-10-3-5-11(6-4-10)14(19)9-18-8-12(16)7-13(17)15(18)20/h3-8H,2,9H2,1H3. The lowest BCUT2D eigenvalue weighted by Crippen LogP contribution is -2.24. The van der Waals surface area contributed by atoms with Gasteiger partial charge in [0.1, 0.15) is 0 Å². The van der Waals surface area contributed by atoms with Gasteiger partial charge in [-0.05, 0) is 49.9 Å². The number of hydrogen-bond donors (Lipinski definition) is 0. The van der Waals surface area contributed by atoms with Gasteiger partial charge in [-0.2, -0.15) is 0 Å². The van der Waals surface area contributed by atoms with Gasteiger partial charge in [0.05, 0.1) is 11.0 Å². The maximum absolute atomic E-state index is 12.2. The Morgan fingerprint density at radius 1 is 1.20 bits per heavy atom. The lowest BCUT2D eigenvalue weighted by molar-refractivity contribution is 0.0970. The van der Waals surface area contributed by atoms with E-state index in [1.54, 1.807) is 24.4 Å². The zero-order valence-corrected chi connectivity index (χ0v) is 14.1. The molecule has 0 fully saturated rings. The molecule has 0 radical (unpaired) electrons. The summed E-state index contributed by atoms with van der Waals surface area (Å²) >= 11 is 6.50. The first-order chi connectivity index (χ1) is 9.51. The predicted octanol–water partition coefficient (Wildman–Crippen LogP) is 3.82. The summed E-state index contributed by atoms with van der Waals surface area (Å²) in [5, 5.41) is 0. The molecule has 0 spiro atoms. The van der Waals surface area contributed by atoms with Crippen molar-refractivity contribution in [3.63, 3.8) is 0 Å². The Hall–Kier alpha value is -1.20. The van der Waals surface area contributed by atoms with E-state index < -0.39 is 0 Å². The van der Waals surface area contributed by atoms with Crippen LogP contribution in [0.1, 0.15) is 22.8 Å². The van der Waals surface area contributed by atoms with Gasteiger partial charge in [-0.15, -0.1) is 0 Å². The van der Waals surface area contributed by atoms with Crippen molar-refractivity contribution >= 4 is 37.6 Å². The molecule has 1 aromatic heterocycles. The van der Waals surface area contributed by atoms with Gasteiger partial charge in [0.2, 0.25) is 0 Å². The molecule has 0 atom stereocenters. The minimum absolute atomic E-state index is 0.0301. The van der Waals surface area contributed by atoms with Crippen LogP contribution in [0.3, 0.4) is 0 Å². The van der Waals surface area contributed by atoms with Crippen LogP contribution in [0.15, 0.2) is 50.3 Å². The molecule has 0 aliphatic heterocycles. The van der Waals surface area contributed by atoms with Crippen molar-refractivity contribution in [2.75, 3.05) is 0 Å². The smallest absolute Gasteiger partial charge is 0.265 e. The van der Waals surface area contributed by atoms with Gasteiger partial charge in [-0.25, -0.2) is 0 Å². The van der Waals surface area contributed by atoms with E-state index in [4.69, 9.17) is 0 Å². The summed E-state index contributed by atoms with van der Waals surface area (Å²) in [5.74, 6) is -0.0836. The maximum atomic E-state index is 12.2. The number of aryl methyl sites for hydroxylation is 1. The third-order valence-corrected chi connectivity index (χ3v) is 4.01. The van der Waals surface area contributed by atoms with Crippen molar-refractivity contribution in [3.8, 4) is 0 Å². The summed E-state index contributed by atoms with van der Waals surface area (Å²) in [6.07, 6.45) is 2.55. The summed E-state index contributed by atoms with van der Waals surface area (Å²) in [4.78, 5) is 24.1. The molecule has 0 saturated heterocycles. The molecule has 1 heterocycles. The van der Waals surface area contributed by atoms with E-state index in [0.717, 1.165) is 10.9 Å². The van der Waals surface area contributed by atoms with Crippen LogP contribution >= 0.6 is 31.9 Å². The van der Waals surface area contributed by atoms with E-state index in [2.05, 4.69) is 38.8 Å². The SMILES string of the molecule is CCc1ccc(C(=O)Cn2cc(Br)cc(Br)c2=O)cc1. The minimum Gasteiger partial charge on any atom is -0.306 e. The third kappa shape index (κ3) is 3.46. The van der Waals surface area contributed by atoms with E-state index in [1.165, 1.54) is 10.1 Å². The fourth-order valence-electron chi connectivity index (χ4n) is 1.85. The Labute approximate surface area is 133 Å². The zero-order chi connectivity index (χ0) is 14.7. The first-order valence-corrected chi connectivity index (χ1v) is 7.77. The van der Waals surface area contributed by atoms with E-state index in [0.29, 0.717) is 10.0 Å². The molecular weight excluding hydrogens is 386 g/mol. The quantitative estimate of drug-likeness (QED) is 0.734. The summed E-state index contributed by atoms with van der Waals surface area (Å²) in [5.41, 5.74) is 1.58. The van der Waals surface area contributed by atoms with Crippen molar-refractivity contribution in [3.05, 3.63) is 67.0 Å². The number of Topliss-reactive ketones (excluding diaryl/α,β-unsaturated/α-hetero) is 1. The molecule has 1 aromatic carbocycles. The number of halogens is 2. The number of carbonyl (C=O) groups excluding carboxylic acids is 1. The van der Waals surface area contributed by atoms with Gasteiger partial charge in [0.15, 0.2) is 5.78 Å². The summed E-state index contributed by atoms with van der Waals surface area (Å²) in [7, 11) is 0. The van der Waals surface area contributed by atoms with Crippen molar-refractivity contribution in [2.24, 2.45) is 0 Å². The summed E-state index contributed by atoms with van der Waals surface area (Å²) < 4.78 is 2.57. The van der Waals surface area contributed by atoms with Gasteiger partial charge in [-0.1, -0.05) is 31.2 Å². The number of nitrogens with zero attached hydrogens (tertiary/aromatic N) is 1. The van der Waals surface area contributed by atoms with E-state index >= 15 is 0 Å². The number of ketones is 1. The first kappa shape index (κ1) is 15.2. The van der Waals surface area contributed by atoms with Gasteiger partial charge in [-0.3, -0.25) is 9.59 Å². The molecule has 5 heteroatoms. The van der Waals surface area contributed by atoms with Crippen LogP contribution in [0.25, 0.3) is 0 Å². The molecule has 0 N–H and O–H groups in total. The van der Waals surface area contributed by atoms with Crippen LogP contribution in [0.2, 0.25) is 0 Å². The molecule has 2 aromatic rings. The Morgan fingerprint density at radius 3 is 2.45 bits per heavy atom. The summed E-state index contributed by atoms with van der Waals surface area (Å²) in [6.45, 7) is 2.09. The van der Waals surface area contributed by atoms with Crippen molar-refractivity contribution in [2.45, 2.75) is 19.9 Å². The minimum atomic E-state index is -0.216. The molecule has 0 amide bonds. The van der Waals surface area contributed by atoms with Crippen molar-refractivity contribution < 1.29 is 4.79 Å². The van der Waals surface area contributed by atoms with Gasteiger partial charge < -0.3 is 4.57 Å². The lowest BCUT2D eigenvalue weighted by Gasteiger charge is -2.07. The second-order valence-corrected chi connectivity index (χ2v) is 6.18. The number of pyridine rings is 1. The van der Waals surface area contributed by atoms with Gasteiger partial charge >= 0.3 is 0 Å². The molecule has 104 valence electrons. The average molecular weight is 399 g/mol. The number of aromatic nitrogens is 1. The van der Waals surface area contributed by atoms with Gasteiger partial charge in [0, 0.05) is 16.2 Å². The molecule has 20 heavy (non-hydrogen) atoms. The zero-order valence-electron chi connectivity index (χ0n) is 10.9. The Morgan fingerprint density at radius 2 is 1.85 bits per heavy atom. The first-order valence-electron chi connectivity index (χ1n) is 6.19. The Bertz CT molecular complexity index is 690. The lowest BCUT2D eigenvalue weighted by atomic mass is 10.1. The molecule has 0 aliphatic carbocycles. The summed E-state index contributed by atoms with van der Waals surface area (Å²) in [6, 6.07) is 9.15. The van der Waals surface area contributed by atoms with E-state index in [-0.39, 0.29) is 17.9 Å². The normalized spacial score (nSPS) is 10.6. The highest BCUT2D eigenvalue weighted by atomic mass is 79.9. The van der Waals surface area contributed by atoms with E-state index in [9.17, 15) is 9.59 Å². The van der Waals surface area contributed by atoms with Crippen LogP contribution in [-0.4, -0.2) is 10.4 Å². The number of rotatable bonds is 4. The van der Waals surface area contributed by atoms with Crippen LogP contribution < -0.4 is 5.56 Å². The fourth-order valence-corrected chi connectivity index (χ4v) is 3.11. The topological polar surface area (TPSA) is 39.1 Å². The molecule has 3 nitrogen and oxygen atoms in total. The van der Waals surface area contributed by atoms with Crippen molar-refractivity contribution in [1.29, 1.82) is 0 Å².